The number of thiophene rings is 1. The smallest absolute Gasteiger partial charge is 0.256 e. The van der Waals surface area contributed by atoms with Crippen molar-refractivity contribution in [3.05, 3.63) is 45.6 Å². The second kappa shape index (κ2) is 9.28. The molecule has 0 saturated carbocycles. The van der Waals surface area contributed by atoms with Gasteiger partial charge in [-0.1, -0.05) is 13.8 Å². The van der Waals surface area contributed by atoms with Gasteiger partial charge in [-0.25, -0.2) is 8.42 Å². The fraction of sp³-hybridized carbons (Fsp3) is 0.500. The first kappa shape index (κ1) is 22.3. The molecule has 0 radical (unpaired) electrons. The molecular formula is C22H29N3O4S2. The monoisotopic (exact) mass is 463 g/mol. The molecular weight excluding hydrogens is 434 g/mol. The van der Waals surface area contributed by atoms with Gasteiger partial charge in [-0.3, -0.25) is 4.79 Å². The van der Waals surface area contributed by atoms with Crippen LogP contribution in [0.3, 0.4) is 0 Å². The van der Waals surface area contributed by atoms with Gasteiger partial charge >= 0.3 is 0 Å². The number of ether oxygens (including phenoxy) is 1. The van der Waals surface area contributed by atoms with Crippen molar-refractivity contribution in [1.82, 2.24) is 9.21 Å². The number of morpholine rings is 1. The zero-order valence-corrected chi connectivity index (χ0v) is 19.7. The fourth-order valence-electron chi connectivity index (χ4n) is 4.23. The van der Waals surface area contributed by atoms with Crippen LogP contribution in [0.4, 0.5) is 5.69 Å². The van der Waals surface area contributed by atoms with Crippen molar-refractivity contribution in [2.24, 2.45) is 0 Å². The molecule has 0 bridgehead atoms. The first-order chi connectivity index (χ1) is 15.0. The average molecular weight is 464 g/mol. The molecule has 1 amide bonds. The van der Waals surface area contributed by atoms with Crippen LogP contribution in [0, 0.1) is 0 Å². The summed E-state index contributed by atoms with van der Waals surface area (Å²) in [6.45, 7) is 8.16. The Labute approximate surface area is 188 Å². The van der Waals surface area contributed by atoms with E-state index in [0.717, 1.165) is 12.1 Å². The van der Waals surface area contributed by atoms with Crippen molar-refractivity contribution < 1.29 is 17.9 Å². The minimum atomic E-state index is -3.65. The van der Waals surface area contributed by atoms with Crippen LogP contribution in [0.25, 0.3) is 0 Å². The molecule has 0 atom stereocenters. The van der Waals surface area contributed by atoms with E-state index in [2.05, 4.69) is 16.3 Å². The Morgan fingerprint density at radius 2 is 1.87 bits per heavy atom. The van der Waals surface area contributed by atoms with E-state index in [1.807, 2.05) is 18.7 Å². The number of hydrogen-bond donors (Lipinski definition) is 0. The van der Waals surface area contributed by atoms with Crippen LogP contribution >= 0.6 is 11.3 Å². The third kappa shape index (κ3) is 4.37. The van der Waals surface area contributed by atoms with E-state index < -0.39 is 10.0 Å². The number of hydrogen-bond acceptors (Lipinski definition) is 6. The number of sulfonamides is 1. The van der Waals surface area contributed by atoms with Crippen LogP contribution < -0.4 is 4.90 Å². The van der Waals surface area contributed by atoms with Crippen molar-refractivity contribution >= 4 is 33.0 Å². The number of carbonyl (C=O) groups excluding carboxylic acids is 1. The first-order valence-electron chi connectivity index (χ1n) is 10.8. The summed E-state index contributed by atoms with van der Waals surface area (Å²) in [5.74, 6) is -0.116. The van der Waals surface area contributed by atoms with Gasteiger partial charge in [0.1, 0.15) is 0 Å². The molecule has 7 nitrogen and oxygen atoms in total. The van der Waals surface area contributed by atoms with Gasteiger partial charge in [-0.05, 0) is 41.6 Å². The molecule has 1 aromatic carbocycles. The van der Waals surface area contributed by atoms with E-state index in [1.165, 1.54) is 14.7 Å². The summed E-state index contributed by atoms with van der Waals surface area (Å²) >= 11 is 1.73. The maximum absolute atomic E-state index is 13.6. The third-order valence-corrected chi connectivity index (χ3v) is 9.06. The van der Waals surface area contributed by atoms with Gasteiger partial charge in [-0.2, -0.15) is 4.31 Å². The van der Waals surface area contributed by atoms with E-state index in [1.54, 1.807) is 29.5 Å². The highest BCUT2D eigenvalue weighted by atomic mass is 32.2. The topological polar surface area (TPSA) is 70.2 Å². The van der Waals surface area contributed by atoms with Crippen LogP contribution in [0.15, 0.2) is 34.5 Å². The lowest BCUT2D eigenvalue weighted by molar-refractivity contribution is 0.0735. The van der Waals surface area contributed by atoms with Crippen LogP contribution in [0.1, 0.15) is 34.6 Å². The normalized spacial score (nSPS) is 17.1. The minimum Gasteiger partial charge on any atom is -0.378 e. The first-order valence-corrected chi connectivity index (χ1v) is 13.1. The van der Waals surface area contributed by atoms with Crippen molar-refractivity contribution in [1.29, 1.82) is 0 Å². The molecule has 168 valence electrons. The number of carbonyl (C=O) groups is 1. The van der Waals surface area contributed by atoms with E-state index in [4.69, 9.17) is 4.74 Å². The second-order valence-electron chi connectivity index (χ2n) is 7.71. The molecule has 1 fully saturated rings. The van der Waals surface area contributed by atoms with Crippen molar-refractivity contribution in [2.75, 3.05) is 50.8 Å². The van der Waals surface area contributed by atoms with Gasteiger partial charge in [0, 0.05) is 49.8 Å². The van der Waals surface area contributed by atoms with Crippen LogP contribution in [-0.2, 0) is 27.7 Å². The molecule has 2 aromatic rings. The van der Waals surface area contributed by atoms with Crippen molar-refractivity contribution in [3.63, 3.8) is 0 Å². The quantitative estimate of drug-likeness (QED) is 0.659. The van der Waals surface area contributed by atoms with Gasteiger partial charge in [-0.15, -0.1) is 11.3 Å². The Kier molecular flexibility index (Phi) is 6.66. The molecule has 1 saturated heterocycles. The fourth-order valence-corrected chi connectivity index (χ4v) is 6.61. The lowest BCUT2D eigenvalue weighted by Gasteiger charge is -2.33. The summed E-state index contributed by atoms with van der Waals surface area (Å²) in [5, 5.41) is 2.06. The highest BCUT2D eigenvalue weighted by Crippen LogP contribution is 2.30. The summed E-state index contributed by atoms with van der Waals surface area (Å²) in [5.41, 5.74) is 2.42. The van der Waals surface area contributed by atoms with E-state index in [-0.39, 0.29) is 10.8 Å². The highest BCUT2D eigenvalue weighted by molar-refractivity contribution is 7.89. The molecule has 0 spiro atoms. The molecule has 0 unspecified atom stereocenters. The van der Waals surface area contributed by atoms with Gasteiger partial charge in [0.05, 0.1) is 23.7 Å². The third-order valence-electron chi connectivity index (χ3n) is 5.99. The maximum atomic E-state index is 13.6. The molecule has 4 rings (SSSR count). The molecule has 9 heteroatoms. The molecule has 3 heterocycles. The van der Waals surface area contributed by atoms with E-state index in [0.29, 0.717) is 58.0 Å². The van der Waals surface area contributed by atoms with Gasteiger partial charge in [0.15, 0.2) is 0 Å². The Balaban J connectivity index is 1.73. The molecule has 1 aromatic heterocycles. The molecule has 31 heavy (non-hydrogen) atoms. The van der Waals surface area contributed by atoms with Gasteiger partial charge in [0.2, 0.25) is 10.0 Å². The van der Waals surface area contributed by atoms with E-state index in [9.17, 15) is 13.2 Å². The predicted octanol–water partition coefficient (Wildman–Crippen LogP) is 2.81. The number of fused-ring (bicyclic) bond motifs is 1. The molecule has 2 aliphatic heterocycles. The summed E-state index contributed by atoms with van der Waals surface area (Å²) in [4.78, 5) is 19.1. The lowest BCUT2D eigenvalue weighted by Crippen LogP contribution is -2.40. The zero-order chi connectivity index (χ0) is 22.0. The van der Waals surface area contributed by atoms with E-state index >= 15 is 0 Å². The number of rotatable bonds is 6. The Hall–Kier alpha value is -1.94. The van der Waals surface area contributed by atoms with Crippen molar-refractivity contribution in [2.45, 2.75) is 31.7 Å². The Bertz CT molecular complexity index is 1040. The summed E-state index contributed by atoms with van der Waals surface area (Å²) in [7, 11) is -3.65. The number of benzene rings is 1. The van der Waals surface area contributed by atoms with Gasteiger partial charge in [0.25, 0.3) is 5.91 Å². The van der Waals surface area contributed by atoms with Crippen LogP contribution in [-0.4, -0.2) is 69.5 Å². The molecule has 0 aliphatic carbocycles. The lowest BCUT2D eigenvalue weighted by atomic mass is 10.1. The van der Waals surface area contributed by atoms with Crippen molar-refractivity contribution in [3.8, 4) is 0 Å². The highest BCUT2D eigenvalue weighted by Gasteiger charge is 2.29. The largest absolute Gasteiger partial charge is 0.378 e. The maximum Gasteiger partial charge on any atom is 0.256 e. The summed E-state index contributed by atoms with van der Waals surface area (Å²) in [6.07, 6.45) is 0.836. The molecule has 2 aliphatic rings. The Morgan fingerprint density at radius 3 is 2.58 bits per heavy atom. The Morgan fingerprint density at radius 1 is 1.13 bits per heavy atom. The average Bonchev–Trinajstić information content (AvgIpc) is 3.27. The zero-order valence-electron chi connectivity index (χ0n) is 18.0. The summed E-state index contributed by atoms with van der Waals surface area (Å²) in [6, 6.07) is 7.06. The minimum absolute atomic E-state index is 0.116. The number of nitrogens with zero attached hydrogens (tertiary/aromatic N) is 3. The predicted molar refractivity (Wildman–Crippen MR) is 122 cm³/mol. The van der Waals surface area contributed by atoms with Gasteiger partial charge < -0.3 is 14.5 Å². The van der Waals surface area contributed by atoms with Crippen LogP contribution in [0.5, 0.6) is 0 Å². The summed E-state index contributed by atoms with van der Waals surface area (Å²) < 4.78 is 33.2. The molecule has 0 N–H and O–H groups in total. The second-order valence-corrected chi connectivity index (χ2v) is 10.7. The number of amides is 1. The van der Waals surface area contributed by atoms with Crippen LogP contribution in [0.2, 0.25) is 0 Å². The standard InChI is InChI=1S/C22H29N3O4S2/c1-3-25(4-2)31(27,28)18-5-6-20(23-10-12-29-13-11-23)19(15-18)22(26)24-9-7-21-17(16-24)8-14-30-21/h5-6,8,14-15H,3-4,7,9-13,16H2,1-2H3. The SMILES string of the molecule is CCN(CC)S(=O)(=O)c1ccc(N2CCOCC2)c(C(=O)N2CCc3sccc3C2)c1. The number of anilines is 1.